The van der Waals surface area contributed by atoms with Crippen LogP contribution in [0.5, 0.6) is 0 Å². The lowest BCUT2D eigenvalue weighted by atomic mass is 9.78. The van der Waals surface area contributed by atoms with Gasteiger partial charge in [-0.15, -0.1) is 0 Å². The summed E-state index contributed by atoms with van der Waals surface area (Å²) in [4.78, 5) is 19.6. The molecule has 1 aromatic heterocycles. The van der Waals surface area contributed by atoms with Crippen LogP contribution in [-0.2, 0) is 14.9 Å². The summed E-state index contributed by atoms with van der Waals surface area (Å²) in [7, 11) is 1.54. The standard InChI is InChI=1S/C18H21F2N3O3/c1-3-18(11-26-2,7-6-17(24)25)15-9-21-10-16(23-15)22-14-5-4-12(19)8-13(14)20/h4-5,8-10H,3,6-7,11H2,1-2H3,(H,22,23)(H,24,25). The predicted molar refractivity (Wildman–Crippen MR) is 92.4 cm³/mol. The highest BCUT2D eigenvalue weighted by Crippen LogP contribution is 2.33. The van der Waals surface area contributed by atoms with E-state index in [-0.39, 0.29) is 24.5 Å². The molecule has 0 saturated heterocycles. The molecule has 1 heterocycles. The number of hydrogen-bond donors (Lipinski definition) is 2. The van der Waals surface area contributed by atoms with Crippen molar-refractivity contribution in [1.29, 1.82) is 0 Å². The number of methoxy groups -OCH3 is 1. The van der Waals surface area contributed by atoms with E-state index in [4.69, 9.17) is 9.84 Å². The zero-order valence-corrected chi connectivity index (χ0v) is 14.6. The van der Waals surface area contributed by atoms with E-state index in [1.54, 1.807) is 6.20 Å². The molecule has 1 unspecified atom stereocenters. The third-order valence-corrected chi connectivity index (χ3v) is 4.29. The fraction of sp³-hybridized carbons (Fsp3) is 0.389. The van der Waals surface area contributed by atoms with Gasteiger partial charge in [0, 0.05) is 31.2 Å². The number of anilines is 2. The van der Waals surface area contributed by atoms with Crippen LogP contribution in [0.15, 0.2) is 30.6 Å². The summed E-state index contributed by atoms with van der Waals surface area (Å²) in [6, 6.07) is 3.18. The summed E-state index contributed by atoms with van der Waals surface area (Å²) in [5.74, 6) is -2.06. The van der Waals surface area contributed by atoms with E-state index in [1.165, 1.54) is 19.4 Å². The Bertz CT molecular complexity index is 773. The number of rotatable bonds is 9. The second kappa shape index (κ2) is 8.66. The van der Waals surface area contributed by atoms with Crippen molar-refractivity contribution < 1.29 is 23.4 Å². The second-order valence-electron chi connectivity index (χ2n) is 6.00. The molecule has 26 heavy (non-hydrogen) atoms. The van der Waals surface area contributed by atoms with Crippen LogP contribution < -0.4 is 5.32 Å². The number of nitrogens with zero attached hydrogens (tertiary/aromatic N) is 2. The molecule has 2 N–H and O–H groups in total. The fourth-order valence-electron chi connectivity index (χ4n) is 2.77. The van der Waals surface area contributed by atoms with Crippen molar-refractivity contribution in [3.8, 4) is 0 Å². The summed E-state index contributed by atoms with van der Waals surface area (Å²) < 4.78 is 32.2. The maximum absolute atomic E-state index is 13.8. The molecule has 0 aliphatic heterocycles. The molecule has 6 nitrogen and oxygen atoms in total. The zero-order valence-electron chi connectivity index (χ0n) is 14.6. The molecular formula is C18H21F2N3O3. The minimum atomic E-state index is -0.908. The van der Waals surface area contributed by atoms with Gasteiger partial charge >= 0.3 is 5.97 Å². The lowest BCUT2D eigenvalue weighted by Crippen LogP contribution is -2.33. The Hall–Kier alpha value is -2.61. The maximum Gasteiger partial charge on any atom is 0.303 e. The minimum Gasteiger partial charge on any atom is -0.481 e. The van der Waals surface area contributed by atoms with Crippen LogP contribution in [0.3, 0.4) is 0 Å². The molecular weight excluding hydrogens is 344 g/mol. The monoisotopic (exact) mass is 365 g/mol. The first-order valence-corrected chi connectivity index (χ1v) is 8.15. The Kier molecular flexibility index (Phi) is 6.57. The van der Waals surface area contributed by atoms with Gasteiger partial charge in [0.25, 0.3) is 0 Å². The first kappa shape index (κ1) is 19.7. The van der Waals surface area contributed by atoms with Crippen molar-refractivity contribution in [2.24, 2.45) is 0 Å². The zero-order chi connectivity index (χ0) is 19.2. The SMILES string of the molecule is CCC(CCC(=O)O)(COC)c1cncc(Nc2ccc(F)cc2F)n1. The number of aromatic nitrogens is 2. The van der Waals surface area contributed by atoms with Crippen LogP contribution in [0.1, 0.15) is 31.9 Å². The van der Waals surface area contributed by atoms with Gasteiger partial charge in [0.15, 0.2) is 0 Å². The molecule has 0 fully saturated rings. The summed E-state index contributed by atoms with van der Waals surface area (Å²) in [5, 5.41) is 11.8. The van der Waals surface area contributed by atoms with Gasteiger partial charge < -0.3 is 15.2 Å². The average molecular weight is 365 g/mol. The van der Waals surface area contributed by atoms with E-state index >= 15 is 0 Å². The topological polar surface area (TPSA) is 84.3 Å². The summed E-state index contributed by atoms with van der Waals surface area (Å²) >= 11 is 0. The number of carbonyl (C=O) groups is 1. The molecule has 0 radical (unpaired) electrons. The summed E-state index contributed by atoms with van der Waals surface area (Å²) in [6.07, 6.45) is 3.85. The number of carboxylic acids is 1. The molecule has 1 aromatic carbocycles. The molecule has 0 aliphatic rings. The van der Waals surface area contributed by atoms with Crippen molar-refractivity contribution >= 4 is 17.5 Å². The van der Waals surface area contributed by atoms with Crippen LogP contribution in [0.25, 0.3) is 0 Å². The first-order chi connectivity index (χ1) is 12.4. The molecule has 8 heteroatoms. The highest BCUT2D eigenvalue weighted by molar-refractivity contribution is 5.66. The Balaban J connectivity index is 2.33. The molecule has 0 spiro atoms. The maximum atomic E-state index is 13.8. The number of benzene rings is 1. The highest BCUT2D eigenvalue weighted by Gasteiger charge is 2.33. The van der Waals surface area contributed by atoms with Crippen molar-refractivity contribution in [3.05, 3.63) is 47.9 Å². The van der Waals surface area contributed by atoms with E-state index in [2.05, 4.69) is 15.3 Å². The lowest BCUT2D eigenvalue weighted by Gasteiger charge is -2.31. The Labute approximate surface area is 150 Å². The Morgan fingerprint density at radius 3 is 2.73 bits per heavy atom. The lowest BCUT2D eigenvalue weighted by molar-refractivity contribution is -0.137. The van der Waals surface area contributed by atoms with Gasteiger partial charge in [0.1, 0.15) is 17.5 Å². The number of halogens is 2. The number of nitrogens with one attached hydrogen (secondary N) is 1. The molecule has 140 valence electrons. The Morgan fingerprint density at radius 1 is 1.35 bits per heavy atom. The fourth-order valence-corrected chi connectivity index (χ4v) is 2.77. The number of aliphatic carboxylic acids is 1. The number of ether oxygens (including phenoxy) is 1. The van der Waals surface area contributed by atoms with Crippen LogP contribution >= 0.6 is 0 Å². The summed E-state index contributed by atoms with van der Waals surface area (Å²) in [5.41, 5.74) is -0.00745. The van der Waals surface area contributed by atoms with Gasteiger partial charge in [-0.05, 0) is 25.0 Å². The van der Waals surface area contributed by atoms with E-state index < -0.39 is 23.0 Å². The van der Waals surface area contributed by atoms with Gasteiger partial charge in [0.2, 0.25) is 0 Å². The van der Waals surface area contributed by atoms with Crippen LogP contribution in [0.4, 0.5) is 20.3 Å². The van der Waals surface area contributed by atoms with Gasteiger partial charge in [0.05, 0.1) is 24.2 Å². The average Bonchev–Trinajstić information content (AvgIpc) is 2.61. The van der Waals surface area contributed by atoms with Gasteiger partial charge in [-0.1, -0.05) is 6.92 Å². The molecule has 0 amide bonds. The minimum absolute atomic E-state index is 0.0386. The van der Waals surface area contributed by atoms with Gasteiger partial charge in [-0.3, -0.25) is 9.78 Å². The third kappa shape index (κ3) is 4.72. The molecule has 0 aliphatic carbocycles. The van der Waals surface area contributed by atoms with Crippen LogP contribution in [0.2, 0.25) is 0 Å². The van der Waals surface area contributed by atoms with Crippen molar-refractivity contribution in [3.63, 3.8) is 0 Å². The Morgan fingerprint density at radius 2 is 2.12 bits per heavy atom. The highest BCUT2D eigenvalue weighted by atomic mass is 19.1. The van der Waals surface area contributed by atoms with Crippen molar-refractivity contribution in [2.45, 2.75) is 31.6 Å². The molecule has 0 bridgehead atoms. The van der Waals surface area contributed by atoms with Crippen molar-refractivity contribution in [2.75, 3.05) is 19.0 Å². The number of hydrogen-bond acceptors (Lipinski definition) is 5. The summed E-state index contributed by atoms with van der Waals surface area (Å²) in [6.45, 7) is 2.20. The predicted octanol–water partition coefficient (Wildman–Crippen LogP) is 3.66. The van der Waals surface area contributed by atoms with E-state index in [9.17, 15) is 13.6 Å². The van der Waals surface area contributed by atoms with Crippen LogP contribution in [-0.4, -0.2) is 34.8 Å². The first-order valence-electron chi connectivity index (χ1n) is 8.15. The quantitative estimate of drug-likeness (QED) is 0.706. The molecule has 2 aromatic rings. The third-order valence-electron chi connectivity index (χ3n) is 4.29. The van der Waals surface area contributed by atoms with Crippen LogP contribution in [0, 0.1) is 11.6 Å². The van der Waals surface area contributed by atoms with E-state index in [1.807, 2.05) is 6.92 Å². The van der Waals surface area contributed by atoms with Gasteiger partial charge in [-0.25, -0.2) is 13.8 Å². The largest absolute Gasteiger partial charge is 0.481 e. The van der Waals surface area contributed by atoms with E-state index in [0.717, 1.165) is 12.1 Å². The normalized spacial score (nSPS) is 13.2. The second-order valence-corrected chi connectivity index (χ2v) is 6.00. The van der Waals surface area contributed by atoms with Crippen molar-refractivity contribution in [1.82, 2.24) is 9.97 Å². The van der Waals surface area contributed by atoms with E-state index in [0.29, 0.717) is 18.5 Å². The molecule has 1 atom stereocenters. The molecule has 2 rings (SSSR count). The van der Waals surface area contributed by atoms with Gasteiger partial charge in [-0.2, -0.15) is 0 Å². The molecule has 0 saturated carbocycles. The number of carboxylic acid groups (broad SMARTS) is 1. The smallest absolute Gasteiger partial charge is 0.303 e.